The highest BCUT2D eigenvalue weighted by Crippen LogP contribution is 2.38. The van der Waals surface area contributed by atoms with E-state index in [1.54, 1.807) is 18.2 Å². The van der Waals surface area contributed by atoms with Crippen LogP contribution in [0.4, 0.5) is 5.69 Å². The Morgan fingerprint density at radius 1 is 1.12 bits per heavy atom. The second-order valence-corrected chi connectivity index (χ2v) is 7.54. The number of aromatic nitrogens is 1. The Labute approximate surface area is 152 Å². The number of nitrogens with zero attached hydrogens (tertiary/aromatic N) is 1. The highest BCUT2D eigenvalue weighted by molar-refractivity contribution is 7.86. The average molecular weight is 407 g/mol. The van der Waals surface area contributed by atoms with E-state index >= 15 is 0 Å². The van der Waals surface area contributed by atoms with Crippen molar-refractivity contribution < 1.29 is 13.0 Å². The van der Waals surface area contributed by atoms with Crippen molar-refractivity contribution in [2.24, 2.45) is 10.7 Å². The summed E-state index contributed by atoms with van der Waals surface area (Å²) in [5, 5.41) is 1.60. The molecular weight excluding hydrogens is 397 g/mol. The fourth-order valence-corrected chi connectivity index (χ4v) is 3.71. The molecule has 0 aliphatic carbocycles. The third-order valence-electron chi connectivity index (χ3n) is 3.37. The average Bonchev–Trinajstić information content (AvgIpc) is 2.84. The lowest BCUT2D eigenvalue weighted by Gasteiger charge is -2.01. The summed E-state index contributed by atoms with van der Waals surface area (Å²) in [6.45, 7) is 0. The van der Waals surface area contributed by atoms with E-state index in [4.69, 9.17) is 40.5 Å². The molecule has 0 unspecified atom stereocenters. The third kappa shape index (κ3) is 3.05. The van der Waals surface area contributed by atoms with Crippen molar-refractivity contribution in [3.63, 3.8) is 0 Å². The van der Waals surface area contributed by atoms with E-state index in [0.717, 1.165) is 6.07 Å². The number of nitrogens with one attached hydrogen (secondary N) is 1. The first-order valence-electron chi connectivity index (χ1n) is 6.51. The van der Waals surface area contributed by atoms with Crippen LogP contribution in [0.3, 0.4) is 0 Å². The highest BCUT2D eigenvalue weighted by Gasteiger charge is 2.20. The zero-order valence-electron chi connectivity index (χ0n) is 11.8. The van der Waals surface area contributed by atoms with Gasteiger partial charge in [-0.25, -0.2) is 4.99 Å². The van der Waals surface area contributed by atoms with Crippen molar-refractivity contribution in [1.82, 2.24) is 4.98 Å². The maximum absolute atomic E-state index is 11.6. The molecule has 126 valence electrons. The predicted octanol–water partition coefficient (Wildman–Crippen LogP) is 4.10. The number of H-pyrrole nitrogens is 1. The summed E-state index contributed by atoms with van der Waals surface area (Å²) >= 11 is 17.8. The van der Waals surface area contributed by atoms with Crippen molar-refractivity contribution in [1.29, 1.82) is 0 Å². The monoisotopic (exact) mass is 405 g/mol. The number of amidine groups is 1. The predicted molar refractivity (Wildman–Crippen MR) is 97.6 cm³/mol. The first-order chi connectivity index (χ1) is 11.2. The standard InChI is InChI=1S/C14H10Cl3N3O3S/c15-5-12(18)19-10-3-6(16)1-8-9-2-7(17)4-11(24(21,22)23)14(9)20-13(8)10/h1-4,20H,5H2,(H2,18,19)(H,21,22,23). The van der Waals surface area contributed by atoms with Gasteiger partial charge in [0.1, 0.15) is 10.7 Å². The molecule has 10 heteroatoms. The lowest BCUT2D eigenvalue weighted by Crippen LogP contribution is -2.12. The topological polar surface area (TPSA) is 109 Å². The molecule has 0 aliphatic rings. The molecule has 1 heterocycles. The van der Waals surface area contributed by atoms with Crippen LogP contribution in [-0.2, 0) is 10.1 Å². The Balaban J connectivity index is 2.50. The van der Waals surface area contributed by atoms with Crippen LogP contribution in [0.15, 0.2) is 34.2 Å². The number of halogens is 3. The zero-order chi connectivity index (χ0) is 17.6. The van der Waals surface area contributed by atoms with Crippen LogP contribution in [0, 0.1) is 0 Å². The molecular formula is C14H10Cl3N3O3S. The molecule has 0 radical (unpaired) electrons. The smallest absolute Gasteiger partial charge is 0.296 e. The number of rotatable bonds is 3. The van der Waals surface area contributed by atoms with Gasteiger partial charge in [0, 0.05) is 20.8 Å². The summed E-state index contributed by atoms with van der Waals surface area (Å²) in [5.74, 6) is 0.197. The fraction of sp³-hybridized carbons (Fsp3) is 0.0714. The highest BCUT2D eigenvalue weighted by atomic mass is 35.5. The summed E-state index contributed by atoms with van der Waals surface area (Å²) < 4.78 is 32.7. The number of aliphatic imine (C=N–C) groups is 1. The van der Waals surface area contributed by atoms with Crippen molar-refractivity contribution in [3.05, 3.63) is 34.3 Å². The second kappa shape index (κ2) is 6.09. The Morgan fingerprint density at radius 2 is 1.71 bits per heavy atom. The van der Waals surface area contributed by atoms with E-state index in [-0.39, 0.29) is 27.2 Å². The zero-order valence-corrected chi connectivity index (χ0v) is 14.9. The number of fused-ring (bicyclic) bond motifs is 3. The Bertz CT molecular complexity index is 1110. The number of nitrogens with two attached hydrogens (primary N) is 1. The van der Waals surface area contributed by atoms with E-state index in [1.807, 2.05) is 0 Å². The van der Waals surface area contributed by atoms with Gasteiger partial charge in [-0.2, -0.15) is 8.42 Å². The van der Waals surface area contributed by atoms with E-state index in [0.29, 0.717) is 27.0 Å². The van der Waals surface area contributed by atoms with Gasteiger partial charge in [-0.05, 0) is 24.3 Å². The minimum Gasteiger partial charge on any atom is -0.386 e. The lowest BCUT2D eigenvalue weighted by molar-refractivity contribution is 0.484. The fourth-order valence-electron chi connectivity index (χ4n) is 2.46. The number of alkyl halides is 1. The molecule has 0 spiro atoms. The molecule has 0 bridgehead atoms. The van der Waals surface area contributed by atoms with Gasteiger partial charge in [0.05, 0.1) is 22.6 Å². The molecule has 0 amide bonds. The molecule has 3 aromatic rings. The van der Waals surface area contributed by atoms with E-state index in [9.17, 15) is 13.0 Å². The molecule has 0 saturated carbocycles. The summed E-state index contributed by atoms with van der Waals surface area (Å²) in [6.07, 6.45) is 0. The molecule has 3 rings (SSSR count). The maximum Gasteiger partial charge on any atom is 0.296 e. The Kier molecular flexibility index (Phi) is 4.39. The summed E-state index contributed by atoms with van der Waals surface area (Å²) in [4.78, 5) is 6.79. The molecule has 6 nitrogen and oxygen atoms in total. The largest absolute Gasteiger partial charge is 0.386 e. The van der Waals surface area contributed by atoms with Crippen molar-refractivity contribution in [3.8, 4) is 0 Å². The second-order valence-electron chi connectivity index (χ2n) is 5.01. The summed E-state index contributed by atoms with van der Waals surface area (Å²) in [6, 6.07) is 5.93. The van der Waals surface area contributed by atoms with Gasteiger partial charge in [0.15, 0.2) is 0 Å². The minimum absolute atomic E-state index is 0.0241. The van der Waals surface area contributed by atoms with Crippen LogP contribution < -0.4 is 5.73 Å². The van der Waals surface area contributed by atoms with E-state index in [1.165, 1.54) is 0 Å². The SMILES string of the molecule is NC(CCl)=Nc1cc(Cl)cc2c1[nH]c1c(S(=O)(=O)O)cc(Cl)cc12. The third-order valence-corrected chi connectivity index (χ3v) is 4.96. The van der Waals surface area contributed by atoms with E-state index in [2.05, 4.69) is 9.98 Å². The molecule has 1 aromatic heterocycles. The molecule has 0 saturated heterocycles. The first-order valence-corrected chi connectivity index (χ1v) is 9.24. The van der Waals surface area contributed by atoms with Gasteiger partial charge in [0.25, 0.3) is 10.1 Å². The van der Waals surface area contributed by atoms with Gasteiger partial charge in [-0.15, -0.1) is 11.6 Å². The van der Waals surface area contributed by atoms with Gasteiger partial charge >= 0.3 is 0 Å². The van der Waals surface area contributed by atoms with Crippen LogP contribution in [0.2, 0.25) is 10.0 Å². The summed E-state index contributed by atoms with van der Waals surface area (Å²) in [7, 11) is -4.48. The van der Waals surface area contributed by atoms with E-state index < -0.39 is 10.1 Å². The molecule has 0 fully saturated rings. The lowest BCUT2D eigenvalue weighted by atomic mass is 10.1. The van der Waals surface area contributed by atoms with Crippen LogP contribution in [0.25, 0.3) is 21.8 Å². The minimum atomic E-state index is -4.48. The Morgan fingerprint density at radius 3 is 2.29 bits per heavy atom. The number of benzene rings is 2. The van der Waals surface area contributed by atoms with Gasteiger partial charge in [0.2, 0.25) is 0 Å². The maximum atomic E-state index is 11.6. The summed E-state index contributed by atoms with van der Waals surface area (Å²) in [5.41, 5.74) is 6.75. The molecule has 24 heavy (non-hydrogen) atoms. The number of hydrogen-bond donors (Lipinski definition) is 3. The molecule has 2 aromatic carbocycles. The van der Waals surface area contributed by atoms with Crippen LogP contribution in [0.1, 0.15) is 0 Å². The van der Waals surface area contributed by atoms with Crippen LogP contribution in [0.5, 0.6) is 0 Å². The van der Waals surface area contributed by atoms with Gasteiger partial charge < -0.3 is 10.7 Å². The molecule has 4 N–H and O–H groups in total. The molecule has 0 aliphatic heterocycles. The molecule has 0 atom stereocenters. The Hall–Kier alpha value is -1.51. The number of aromatic amines is 1. The van der Waals surface area contributed by atoms with Crippen LogP contribution in [-0.4, -0.2) is 29.7 Å². The van der Waals surface area contributed by atoms with Crippen molar-refractivity contribution in [2.75, 3.05) is 5.88 Å². The van der Waals surface area contributed by atoms with Crippen molar-refractivity contribution in [2.45, 2.75) is 4.90 Å². The van der Waals surface area contributed by atoms with Crippen molar-refractivity contribution >= 4 is 78.2 Å². The van der Waals surface area contributed by atoms with Gasteiger partial charge in [-0.3, -0.25) is 4.55 Å². The number of hydrogen-bond acceptors (Lipinski definition) is 3. The van der Waals surface area contributed by atoms with Crippen LogP contribution >= 0.6 is 34.8 Å². The quantitative estimate of drug-likeness (QED) is 0.263. The first kappa shape index (κ1) is 17.3. The van der Waals surface area contributed by atoms with Gasteiger partial charge in [-0.1, -0.05) is 23.2 Å². The normalized spacial score (nSPS) is 13.1.